The molecule has 0 saturated carbocycles. The average molecular weight is 412 g/mol. The van der Waals surface area contributed by atoms with Crippen molar-refractivity contribution in [3.8, 4) is 11.5 Å². The van der Waals surface area contributed by atoms with Crippen molar-refractivity contribution in [1.29, 1.82) is 0 Å². The Kier molecular flexibility index (Phi) is 5.09. The maximum Gasteiger partial charge on any atom is 0.253 e. The lowest BCUT2D eigenvalue weighted by molar-refractivity contribution is 0.0827. The van der Waals surface area contributed by atoms with Crippen molar-refractivity contribution in [2.45, 2.75) is 0 Å². The first-order chi connectivity index (χ1) is 14.0. The molecule has 3 aromatic rings. The molecule has 0 atom stereocenters. The smallest absolute Gasteiger partial charge is 0.253 e. The summed E-state index contributed by atoms with van der Waals surface area (Å²) < 4.78 is 10.9. The Labute approximate surface area is 172 Å². The van der Waals surface area contributed by atoms with Gasteiger partial charge in [0.1, 0.15) is 11.5 Å². The summed E-state index contributed by atoms with van der Waals surface area (Å²) in [4.78, 5) is 22.4. The number of hydrogen-bond acceptors (Lipinski definition) is 7. The van der Waals surface area contributed by atoms with E-state index in [1.54, 1.807) is 56.7 Å². The zero-order chi connectivity index (χ0) is 20.4. The third-order valence-corrected chi connectivity index (χ3v) is 4.48. The predicted molar refractivity (Wildman–Crippen MR) is 111 cm³/mol. The molecule has 0 unspecified atom stereocenters. The summed E-state index contributed by atoms with van der Waals surface area (Å²) >= 11 is 6.31. The van der Waals surface area contributed by atoms with Gasteiger partial charge in [0.05, 0.1) is 5.02 Å². The molecule has 4 rings (SSSR count). The summed E-state index contributed by atoms with van der Waals surface area (Å²) in [6.07, 6.45) is 1.61. The number of anilines is 4. The highest BCUT2D eigenvalue weighted by Crippen LogP contribution is 2.44. The van der Waals surface area contributed by atoms with Gasteiger partial charge in [0.15, 0.2) is 11.5 Å². The van der Waals surface area contributed by atoms with Crippen LogP contribution in [-0.2, 0) is 0 Å². The number of carbonyl (C=O) groups excluding carboxylic acids is 1. The Morgan fingerprint density at radius 3 is 2.83 bits per heavy atom. The fourth-order valence-electron chi connectivity index (χ4n) is 2.80. The van der Waals surface area contributed by atoms with Crippen molar-refractivity contribution >= 4 is 40.6 Å². The number of halogens is 1. The number of hydrogen-bond donors (Lipinski definition) is 2. The molecule has 1 aromatic heterocycles. The second-order valence-corrected chi connectivity index (χ2v) is 6.86. The van der Waals surface area contributed by atoms with E-state index in [2.05, 4.69) is 20.6 Å². The number of carbonyl (C=O) groups is 1. The van der Waals surface area contributed by atoms with Gasteiger partial charge in [-0.1, -0.05) is 17.7 Å². The number of nitrogens with one attached hydrogen (secondary N) is 2. The molecule has 29 heavy (non-hydrogen) atoms. The standard InChI is InChI=1S/C20H18ClN5O3/c1-26(2)19(27)12-4-3-5-13(10-12)23-20-22-9-8-16(25-20)24-17-14(21)6-7-15-18(17)29-11-28-15/h3-10H,11H2,1-2H3,(H2,22,23,24,25). The minimum absolute atomic E-state index is 0.0835. The maximum absolute atomic E-state index is 12.2. The second-order valence-electron chi connectivity index (χ2n) is 6.45. The van der Waals surface area contributed by atoms with Crippen LogP contribution in [-0.4, -0.2) is 41.7 Å². The van der Waals surface area contributed by atoms with Crippen LogP contribution >= 0.6 is 11.6 Å². The van der Waals surface area contributed by atoms with Gasteiger partial charge < -0.3 is 25.0 Å². The zero-order valence-electron chi connectivity index (χ0n) is 15.8. The first kappa shape index (κ1) is 18.8. The maximum atomic E-state index is 12.2. The number of fused-ring (bicyclic) bond motifs is 1. The number of aromatic nitrogens is 2. The monoisotopic (exact) mass is 411 g/mol. The van der Waals surface area contributed by atoms with Crippen LogP contribution in [0.5, 0.6) is 11.5 Å². The Morgan fingerprint density at radius 1 is 1.14 bits per heavy atom. The molecule has 0 fully saturated rings. The lowest BCUT2D eigenvalue weighted by Gasteiger charge is -2.13. The Morgan fingerprint density at radius 2 is 2.00 bits per heavy atom. The molecule has 8 nitrogen and oxygen atoms in total. The third-order valence-electron chi connectivity index (χ3n) is 4.17. The highest BCUT2D eigenvalue weighted by Gasteiger charge is 2.21. The van der Waals surface area contributed by atoms with Gasteiger partial charge in [0, 0.05) is 31.5 Å². The quantitative estimate of drug-likeness (QED) is 0.654. The van der Waals surface area contributed by atoms with Crippen LogP contribution in [0.1, 0.15) is 10.4 Å². The number of benzene rings is 2. The number of nitrogens with zero attached hydrogens (tertiary/aromatic N) is 3. The van der Waals surface area contributed by atoms with Gasteiger partial charge in [-0.2, -0.15) is 4.98 Å². The van der Waals surface area contributed by atoms with Gasteiger partial charge in [-0.05, 0) is 36.4 Å². The molecule has 0 bridgehead atoms. The van der Waals surface area contributed by atoms with Crippen molar-refractivity contribution < 1.29 is 14.3 Å². The first-order valence-electron chi connectivity index (χ1n) is 8.78. The van der Waals surface area contributed by atoms with Crippen LogP contribution in [0.15, 0.2) is 48.7 Å². The largest absolute Gasteiger partial charge is 0.454 e. The van der Waals surface area contributed by atoms with E-state index >= 15 is 0 Å². The van der Waals surface area contributed by atoms with Crippen molar-refractivity contribution in [2.24, 2.45) is 0 Å². The minimum Gasteiger partial charge on any atom is -0.454 e. The molecule has 0 saturated heterocycles. The van der Waals surface area contributed by atoms with Crippen molar-refractivity contribution in [2.75, 3.05) is 31.5 Å². The number of rotatable bonds is 5. The van der Waals surface area contributed by atoms with E-state index in [9.17, 15) is 4.79 Å². The van der Waals surface area contributed by atoms with E-state index in [4.69, 9.17) is 21.1 Å². The third kappa shape index (κ3) is 4.02. The van der Waals surface area contributed by atoms with E-state index in [0.717, 1.165) is 0 Å². The van der Waals surface area contributed by atoms with Crippen molar-refractivity contribution in [3.05, 3.63) is 59.2 Å². The molecule has 1 amide bonds. The zero-order valence-corrected chi connectivity index (χ0v) is 16.5. The van der Waals surface area contributed by atoms with Gasteiger partial charge in [0.25, 0.3) is 5.91 Å². The summed E-state index contributed by atoms with van der Waals surface area (Å²) in [5.74, 6) is 1.96. The van der Waals surface area contributed by atoms with Gasteiger partial charge in [0.2, 0.25) is 12.7 Å². The van der Waals surface area contributed by atoms with Crippen LogP contribution < -0.4 is 20.1 Å². The number of ether oxygens (including phenoxy) is 2. The first-order valence-corrected chi connectivity index (χ1v) is 9.16. The van der Waals surface area contributed by atoms with E-state index < -0.39 is 0 Å². The molecule has 1 aliphatic rings. The second kappa shape index (κ2) is 7.84. The van der Waals surface area contributed by atoms with Gasteiger partial charge >= 0.3 is 0 Å². The van der Waals surface area contributed by atoms with Crippen LogP contribution in [0, 0.1) is 0 Å². The molecule has 148 valence electrons. The predicted octanol–water partition coefficient (Wildman–Crippen LogP) is 4.05. The molecule has 2 N–H and O–H groups in total. The summed E-state index contributed by atoms with van der Waals surface area (Å²) in [7, 11) is 3.42. The van der Waals surface area contributed by atoms with Crippen LogP contribution in [0.3, 0.4) is 0 Å². The lowest BCUT2D eigenvalue weighted by Crippen LogP contribution is -2.21. The number of amides is 1. The van der Waals surface area contributed by atoms with E-state index in [0.29, 0.717) is 45.2 Å². The van der Waals surface area contributed by atoms with Gasteiger partial charge in [-0.15, -0.1) is 0 Å². The molecular weight excluding hydrogens is 394 g/mol. The minimum atomic E-state index is -0.0835. The highest BCUT2D eigenvalue weighted by atomic mass is 35.5. The fourth-order valence-corrected chi connectivity index (χ4v) is 2.99. The molecule has 0 spiro atoms. The lowest BCUT2D eigenvalue weighted by atomic mass is 10.2. The molecule has 2 aromatic carbocycles. The highest BCUT2D eigenvalue weighted by molar-refractivity contribution is 6.33. The van der Waals surface area contributed by atoms with Gasteiger partial charge in [-0.3, -0.25) is 4.79 Å². The summed E-state index contributed by atoms with van der Waals surface area (Å²) in [6.45, 7) is 0.142. The summed E-state index contributed by atoms with van der Waals surface area (Å²) in [5, 5.41) is 6.75. The molecule has 2 heterocycles. The van der Waals surface area contributed by atoms with E-state index in [1.807, 2.05) is 6.07 Å². The summed E-state index contributed by atoms with van der Waals surface area (Å²) in [5.41, 5.74) is 1.84. The molecule has 0 aliphatic carbocycles. The average Bonchev–Trinajstić information content (AvgIpc) is 3.19. The SMILES string of the molecule is CN(C)C(=O)c1cccc(Nc2nccc(Nc3c(Cl)ccc4c3OCO4)n2)c1. The van der Waals surface area contributed by atoms with Crippen LogP contribution in [0.25, 0.3) is 0 Å². The Hall–Kier alpha value is -3.52. The van der Waals surface area contributed by atoms with Crippen molar-refractivity contribution in [1.82, 2.24) is 14.9 Å². The fraction of sp³-hybridized carbons (Fsp3) is 0.150. The van der Waals surface area contributed by atoms with Gasteiger partial charge in [-0.25, -0.2) is 4.98 Å². The van der Waals surface area contributed by atoms with E-state index in [1.165, 1.54) is 4.90 Å². The molecular formula is C20H18ClN5O3. The molecule has 0 radical (unpaired) electrons. The van der Waals surface area contributed by atoms with Crippen molar-refractivity contribution in [3.63, 3.8) is 0 Å². The van der Waals surface area contributed by atoms with E-state index in [-0.39, 0.29) is 12.7 Å². The molecule has 1 aliphatic heterocycles. The van der Waals surface area contributed by atoms with Crippen LogP contribution in [0.2, 0.25) is 5.02 Å². The van der Waals surface area contributed by atoms with Crippen LogP contribution in [0.4, 0.5) is 23.1 Å². The normalized spacial score (nSPS) is 11.8. The Bertz CT molecular complexity index is 1070. The topological polar surface area (TPSA) is 88.6 Å². The summed E-state index contributed by atoms with van der Waals surface area (Å²) in [6, 6.07) is 12.3. The molecule has 9 heteroatoms. The Balaban J connectivity index is 1.56.